The van der Waals surface area contributed by atoms with E-state index in [9.17, 15) is 9.18 Å². The molecule has 2 atom stereocenters. The van der Waals surface area contributed by atoms with Crippen LogP contribution >= 0.6 is 23.4 Å². The third-order valence-electron chi connectivity index (χ3n) is 5.87. The monoisotopic (exact) mass is 502 g/mol. The van der Waals surface area contributed by atoms with E-state index in [1.165, 1.54) is 23.9 Å². The minimum atomic E-state index is -0.339. The highest BCUT2D eigenvalue weighted by atomic mass is 35.5. The second-order valence-electron chi connectivity index (χ2n) is 8.50. The van der Waals surface area contributed by atoms with Crippen molar-refractivity contribution in [3.8, 4) is 5.69 Å². The third-order valence-corrected chi connectivity index (χ3v) is 7.10. The van der Waals surface area contributed by atoms with Gasteiger partial charge in [-0.2, -0.15) is 0 Å². The van der Waals surface area contributed by atoms with Crippen LogP contribution < -0.4 is 5.32 Å². The van der Waals surface area contributed by atoms with E-state index in [1.807, 2.05) is 43.5 Å². The van der Waals surface area contributed by atoms with Crippen molar-refractivity contribution in [1.82, 2.24) is 20.1 Å². The number of carbonyl (C=O) groups excluding carboxylic acids is 1. The van der Waals surface area contributed by atoms with Crippen LogP contribution in [-0.4, -0.2) is 20.7 Å². The molecule has 0 saturated carbocycles. The van der Waals surface area contributed by atoms with Gasteiger partial charge in [0.2, 0.25) is 5.91 Å². The Morgan fingerprint density at radius 1 is 1.18 bits per heavy atom. The minimum Gasteiger partial charge on any atom is -0.346 e. The molecule has 5 nitrogen and oxygen atoms in total. The van der Waals surface area contributed by atoms with Gasteiger partial charge in [0.25, 0.3) is 0 Å². The fraction of sp³-hybridized carbons (Fsp3) is 0.423. The van der Waals surface area contributed by atoms with Crippen LogP contribution in [0, 0.1) is 18.7 Å². The predicted molar refractivity (Wildman–Crippen MR) is 137 cm³/mol. The second-order valence-corrected chi connectivity index (χ2v) is 9.88. The molecule has 1 amide bonds. The average Bonchev–Trinajstić information content (AvgIpc) is 3.24. The highest BCUT2D eigenvalue weighted by Gasteiger charge is 2.24. The molecule has 1 heterocycles. The van der Waals surface area contributed by atoms with E-state index in [1.54, 1.807) is 12.1 Å². The molecule has 2 aromatic carbocycles. The van der Waals surface area contributed by atoms with E-state index >= 15 is 0 Å². The van der Waals surface area contributed by atoms with E-state index in [4.69, 9.17) is 11.6 Å². The normalized spacial score (nSPS) is 13.0. The average molecular weight is 503 g/mol. The summed E-state index contributed by atoms with van der Waals surface area (Å²) in [4.78, 5) is 13.0. The number of aromatic nitrogens is 3. The van der Waals surface area contributed by atoms with Gasteiger partial charge in [-0.1, -0.05) is 68.3 Å². The van der Waals surface area contributed by atoms with Crippen molar-refractivity contribution in [2.24, 2.45) is 5.92 Å². The van der Waals surface area contributed by atoms with E-state index < -0.39 is 0 Å². The van der Waals surface area contributed by atoms with Gasteiger partial charge in [-0.25, -0.2) is 4.39 Å². The number of nitrogens with one attached hydrogen (secondary N) is 1. The van der Waals surface area contributed by atoms with Crippen molar-refractivity contribution in [2.75, 3.05) is 0 Å². The van der Waals surface area contributed by atoms with Crippen LogP contribution in [0.25, 0.3) is 5.69 Å². The molecule has 3 rings (SSSR count). The molecule has 0 spiro atoms. The summed E-state index contributed by atoms with van der Waals surface area (Å²) in [5.74, 6) is 1.02. The van der Waals surface area contributed by atoms with Gasteiger partial charge in [0.1, 0.15) is 5.82 Å². The summed E-state index contributed by atoms with van der Waals surface area (Å²) in [5, 5.41) is 13.4. The van der Waals surface area contributed by atoms with Crippen LogP contribution in [-0.2, 0) is 10.5 Å². The predicted octanol–water partition coefficient (Wildman–Crippen LogP) is 7.05. The summed E-state index contributed by atoms with van der Waals surface area (Å²) in [6, 6.07) is 11.8. The fourth-order valence-electron chi connectivity index (χ4n) is 3.80. The fourth-order valence-corrected chi connectivity index (χ4v) is 4.87. The van der Waals surface area contributed by atoms with Crippen molar-refractivity contribution in [3.63, 3.8) is 0 Å². The lowest BCUT2D eigenvalue weighted by Crippen LogP contribution is -2.34. The van der Waals surface area contributed by atoms with E-state index in [2.05, 4.69) is 22.4 Å². The van der Waals surface area contributed by atoms with Crippen molar-refractivity contribution in [1.29, 1.82) is 0 Å². The highest BCUT2D eigenvalue weighted by Crippen LogP contribution is 2.30. The van der Waals surface area contributed by atoms with E-state index in [-0.39, 0.29) is 23.7 Å². The van der Waals surface area contributed by atoms with Gasteiger partial charge in [-0.15, -0.1) is 10.2 Å². The first-order valence-electron chi connectivity index (χ1n) is 11.7. The smallest absolute Gasteiger partial charge is 0.223 e. The first-order chi connectivity index (χ1) is 16.3. The second kappa shape index (κ2) is 12.4. The number of thioether (sulfide) groups is 1. The maximum atomic E-state index is 13.3. The lowest BCUT2D eigenvalue weighted by molar-refractivity contribution is -0.126. The van der Waals surface area contributed by atoms with E-state index in [0.717, 1.165) is 42.5 Å². The molecule has 0 aliphatic carbocycles. The molecule has 1 N–H and O–H groups in total. The van der Waals surface area contributed by atoms with Crippen LogP contribution in [0.3, 0.4) is 0 Å². The molecule has 34 heavy (non-hydrogen) atoms. The maximum absolute atomic E-state index is 13.3. The molecule has 182 valence electrons. The van der Waals surface area contributed by atoms with Gasteiger partial charge in [0.15, 0.2) is 11.0 Å². The lowest BCUT2D eigenvalue weighted by Gasteiger charge is -2.20. The summed E-state index contributed by atoms with van der Waals surface area (Å²) in [6.07, 6.45) is 3.78. The number of nitrogens with zero attached hydrogens (tertiary/aromatic N) is 3. The van der Waals surface area contributed by atoms with Gasteiger partial charge in [0.05, 0.1) is 11.7 Å². The van der Waals surface area contributed by atoms with Crippen LogP contribution in [0.5, 0.6) is 0 Å². The van der Waals surface area contributed by atoms with Gasteiger partial charge in [0, 0.05) is 16.7 Å². The van der Waals surface area contributed by atoms with Crippen molar-refractivity contribution < 1.29 is 9.18 Å². The summed E-state index contributed by atoms with van der Waals surface area (Å²) in [7, 11) is 0. The van der Waals surface area contributed by atoms with Crippen LogP contribution in [0.1, 0.15) is 69.4 Å². The standard InChI is InChI=1S/C26H32ClFN4OS/c1-5-7-8-20(6-2)25(33)29-18(4)24-30-31-26(34-16-19-10-13-22(28)14-11-19)32(24)23-15-21(27)12-9-17(23)3/h9-15,18,20H,5-8,16H2,1-4H3,(H,29,33). The molecule has 0 aliphatic rings. The summed E-state index contributed by atoms with van der Waals surface area (Å²) in [5.41, 5.74) is 2.86. The molecular formula is C26H32ClFN4OS. The molecule has 0 aliphatic heterocycles. The summed E-state index contributed by atoms with van der Waals surface area (Å²) < 4.78 is 15.3. The Bertz CT molecular complexity index is 1100. The number of amides is 1. The Balaban J connectivity index is 1.91. The van der Waals surface area contributed by atoms with Gasteiger partial charge < -0.3 is 5.32 Å². The topological polar surface area (TPSA) is 59.8 Å². The number of carbonyl (C=O) groups is 1. The zero-order valence-electron chi connectivity index (χ0n) is 20.1. The quantitative estimate of drug-likeness (QED) is 0.285. The highest BCUT2D eigenvalue weighted by molar-refractivity contribution is 7.98. The number of hydrogen-bond donors (Lipinski definition) is 1. The molecule has 3 aromatic rings. The number of hydrogen-bond acceptors (Lipinski definition) is 4. The third kappa shape index (κ3) is 6.60. The van der Waals surface area contributed by atoms with Crippen molar-refractivity contribution in [2.45, 2.75) is 70.3 Å². The SMILES string of the molecule is CCCCC(CC)C(=O)NC(C)c1nnc(SCc2ccc(F)cc2)n1-c1cc(Cl)ccc1C. The zero-order chi connectivity index (χ0) is 24.7. The number of unbranched alkanes of at least 4 members (excludes halogenated alkanes) is 1. The van der Waals surface area contributed by atoms with Gasteiger partial charge in [-0.3, -0.25) is 9.36 Å². The minimum absolute atomic E-state index is 0.0148. The number of halogens is 2. The molecule has 0 bridgehead atoms. The van der Waals surface area contributed by atoms with Gasteiger partial charge in [-0.05, 0) is 62.1 Å². The van der Waals surface area contributed by atoms with E-state index in [0.29, 0.717) is 21.8 Å². The Morgan fingerprint density at radius 2 is 1.91 bits per heavy atom. The molecule has 1 aromatic heterocycles. The van der Waals surface area contributed by atoms with Crippen LogP contribution in [0.15, 0.2) is 47.6 Å². The van der Waals surface area contributed by atoms with Crippen molar-refractivity contribution in [3.05, 3.63) is 70.3 Å². The molecule has 0 fully saturated rings. The molecule has 2 unspecified atom stereocenters. The number of benzene rings is 2. The number of aryl methyl sites for hydroxylation is 1. The summed E-state index contributed by atoms with van der Waals surface area (Å²) >= 11 is 7.84. The molecule has 8 heteroatoms. The molecule has 0 radical (unpaired) electrons. The molecule has 0 saturated heterocycles. The van der Waals surface area contributed by atoms with Gasteiger partial charge >= 0.3 is 0 Å². The Morgan fingerprint density at radius 3 is 2.59 bits per heavy atom. The molecular weight excluding hydrogens is 471 g/mol. The van der Waals surface area contributed by atoms with Crippen molar-refractivity contribution >= 4 is 29.3 Å². The Kier molecular flexibility index (Phi) is 9.54. The number of rotatable bonds is 11. The zero-order valence-corrected chi connectivity index (χ0v) is 21.7. The van der Waals surface area contributed by atoms with Crippen LogP contribution in [0.2, 0.25) is 5.02 Å². The largest absolute Gasteiger partial charge is 0.346 e. The Labute approximate surface area is 210 Å². The van der Waals surface area contributed by atoms with Crippen LogP contribution in [0.4, 0.5) is 4.39 Å². The first kappa shape index (κ1) is 26.2. The first-order valence-corrected chi connectivity index (χ1v) is 13.1. The summed E-state index contributed by atoms with van der Waals surface area (Å²) in [6.45, 7) is 8.12. The maximum Gasteiger partial charge on any atom is 0.223 e. The lowest BCUT2D eigenvalue weighted by atomic mass is 9.98. The Hall–Kier alpha value is -2.38.